The number of nitrogens with one attached hydrogen (secondary N) is 1. The molecule has 5 nitrogen and oxygen atoms in total. The maximum absolute atomic E-state index is 15.3. The Hall–Kier alpha value is -2.91. The first kappa shape index (κ1) is 18.5. The number of aliphatic hydroxyl groups is 1. The number of piperazine rings is 1. The number of aliphatic hydroxyl groups excluding tert-OH is 1. The van der Waals surface area contributed by atoms with Crippen LogP contribution in [0.2, 0.25) is 0 Å². The van der Waals surface area contributed by atoms with Crippen molar-refractivity contribution in [2.24, 2.45) is 0 Å². The van der Waals surface area contributed by atoms with Crippen LogP contribution in [0.15, 0.2) is 48.2 Å². The van der Waals surface area contributed by atoms with Gasteiger partial charge >= 0.3 is 0 Å². The predicted octanol–water partition coefficient (Wildman–Crippen LogP) is 3.51. The second kappa shape index (κ2) is 7.25. The van der Waals surface area contributed by atoms with Gasteiger partial charge < -0.3 is 25.0 Å². The SMILES string of the molecule is C=C=C(O)C1=CN(C2CC2)c2c(cc(F)c(N3CCNCC3)c2OC)C1=C=C. The number of anilines is 2. The standard InChI is InChI=1S/C22H24FN3O2/c1-4-15-16-12-18(23)21(25-10-8-24-9-11-25)22(28-3)20(16)26(14-6-7-14)13-17(15)19(27)5-2/h12-14,24,27H,1-2,6-11H2,3H3. The Kier molecular flexibility index (Phi) is 4.78. The molecule has 0 amide bonds. The van der Waals surface area contributed by atoms with E-state index in [1.54, 1.807) is 7.11 Å². The lowest BCUT2D eigenvalue weighted by Crippen LogP contribution is -2.44. The van der Waals surface area contributed by atoms with Gasteiger partial charge in [0.05, 0.1) is 18.4 Å². The Balaban J connectivity index is 1.96. The molecule has 1 aliphatic carbocycles. The molecular formula is C22H24FN3O2. The van der Waals surface area contributed by atoms with Crippen molar-refractivity contribution in [3.8, 4) is 5.75 Å². The van der Waals surface area contributed by atoms with E-state index in [1.807, 2.05) is 11.1 Å². The molecule has 146 valence electrons. The lowest BCUT2D eigenvalue weighted by molar-refractivity contribution is 0.408. The number of hydrogen-bond acceptors (Lipinski definition) is 5. The molecule has 2 aliphatic heterocycles. The van der Waals surface area contributed by atoms with E-state index in [9.17, 15) is 5.11 Å². The molecule has 3 aliphatic rings. The van der Waals surface area contributed by atoms with Crippen LogP contribution >= 0.6 is 0 Å². The number of allylic oxidation sites excluding steroid dienone is 1. The molecule has 0 bridgehead atoms. The van der Waals surface area contributed by atoms with Gasteiger partial charge in [0, 0.05) is 49.6 Å². The van der Waals surface area contributed by atoms with E-state index in [0.717, 1.165) is 31.6 Å². The number of hydrogen-bond donors (Lipinski definition) is 2. The molecule has 2 N–H and O–H groups in total. The van der Waals surface area contributed by atoms with E-state index >= 15 is 4.39 Å². The van der Waals surface area contributed by atoms with Crippen molar-refractivity contribution in [2.45, 2.75) is 18.9 Å². The average molecular weight is 381 g/mol. The van der Waals surface area contributed by atoms with Crippen molar-refractivity contribution >= 4 is 16.9 Å². The van der Waals surface area contributed by atoms with Gasteiger partial charge in [0.1, 0.15) is 5.69 Å². The normalized spacial score (nSPS) is 18.8. The predicted molar refractivity (Wildman–Crippen MR) is 109 cm³/mol. The van der Waals surface area contributed by atoms with Crippen molar-refractivity contribution in [3.05, 3.63) is 59.6 Å². The molecule has 0 spiro atoms. The van der Waals surface area contributed by atoms with E-state index in [1.165, 1.54) is 6.07 Å². The Bertz CT molecular complexity index is 945. The average Bonchev–Trinajstić information content (AvgIpc) is 3.56. The van der Waals surface area contributed by atoms with Crippen LogP contribution in [0.1, 0.15) is 18.4 Å². The fraction of sp³-hybridized carbons (Fsp3) is 0.364. The van der Waals surface area contributed by atoms with Crippen LogP contribution < -0.4 is 19.9 Å². The van der Waals surface area contributed by atoms with Crippen LogP contribution in [0.25, 0.3) is 5.57 Å². The molecule has 0 atom stereocenters. The first-order valence-electron chi connectivity index (χ1n) is 9.47. The van der Waals surface area contributed by atoms with Crippen LogP contribution in [0.5, 0.6) is 5.75 Å². The molecule has 0 aromatic heterocycles. The summed E-state index contributed by atoms with van der Waals surface area (Å²) in [6.07, 6.45) is 3.90. The van der Waals surface area contributed by atoms with E-state index in [-0.39, 0.29) is 17.6 Å². The Labute approximate surface area is 164 Å². The Morgan fingerprint density at radius 1 is 1.29 bits per heavy atom. The number of fused-ring (bicyclic) bond motifs is 1. The maximum Gasteiger partial charge on any atom is 0.169 e. The van der Waals surface area contributed by atoms with Crippen LogP contribution in [0.4, 0.5) is 15.8 Å². The summed E-state index contributed by atoms with van der Waals surface area (Å²) < 4.78 is 21.1. The zero-order valence-corrected chi connectivity index (χ0v) is 16.0. The van der Waals surface area contributed by atoms with Crippen molar-refractivity contribution in [3.63, 3.8) is 0 Å². The molecule has 2 fully saturated rings. The van der Waals surface area contributed by atoms with E-state index in [0.29, 0.717) is 41.2 Å². The zero-order valence-electron chi connectivity index (χ0n) is 16.0. The summed E-state index contributed by atoms with van der Waals surface area (Å²) in [5.41, 5.74) is 8.27. The van der Waals surface area contributed by atoms with Crippen LogP contribution in [-0.4, -0.2) is 44.4 Å². The summed E-state index contributed by atoms with van der Waals surface area (Å²) in [7, 11) is 1.57. The number of rotatable bonds is 4. The number of halogens is 1. The van der Waals surface area contributed by atoms with E-state index in [2.05, 4.69) is 34.8 Å². The molecule has 1 aromatic rings. The summed E-state index contributed by atoms with van der Waals surface area (Å²) in [5.74, 6) is 0.0475. The summed E-state index contributed by atoms with van der Waals surface area (Å²) in [4.78, 5) is 4.09. The maximum atomic E-state index is 15.3. The highest BCUT2D eigenvalue weighted by Crippen LogP contribution is 2.52. The fourth-order valence-electron chi connectivity index (χ4n) is 3.95. The minimum absolute atomic E-state index is 0.104. The van der Waals surface area contributed by atoms with E-state index in [4.69, 9.17) is 4.74 Å². The number of nitrogens with zero attached hydrogens (tertiary/aromatic N) is 2. The largest absolute Gasteiger partial charge is 0.501 e. The molecular weight excluding hydrogens is 357 g/mol. The smallest absolute Gasteiger partial charge is 0.169 e. The molecule has 6 heteroatoms. The summed E-state index contributed by atoms with van der Waals surface area (Å²) in [5, 5.41) is 13.6. The molecule has 28 heavy (non-hydrogen) atoms. The quantitative estimate of drug-likeness (QED) is 0.618. The van der Waals surface area contributed by atoms with Crippen molar-refractivity contribution in [1.82, 2.24) is 5.32 Å². The minimum atomic E-state index is -0.357. The third-order valence-electron chi connectivity index (χ3n) is 5.42. The van der Waals surface area contributed by atoms with Crippen molar-refractivity contribution in [2.75, 3.05) is 43.1 Å². The third kappa shape index (κ3) is 2.92. The molecule has 1 saturated heterocycles. The second-order valence-electron chi connectivity index (χ2n) is 7.13. The van der Waals surface area contributed by atoms with Gasteiger partial charge in [-0.3, -0.25) is 0 Å². The lowest BCUT2D eigenvalue weighted by Gasteiger charge is -2.36. The Morgan fingerprint density at radius 3 is 2.57 bits per heavy atom. The first-order valence-corrected chi connectivity index (χ1v) is 9.47. The topological polar surface area (TPSA) is 48.0 Å². The lowest BCUT2D eigenvalue weighted by atomic mass is 9.91. The van der Waals surface area contributed by atoms with Gasteiger partial charge in [-0.15, -0.1) is 5.73 Å². The van der Waals surface area contributed by atoms with Gasteiger partial charge in [0.2, 0.25) is 0 Å². The molecule has 0 unspecified atom stereocenters. The highest BCUT2D eigenvalue weighted by Gasteiger charge is 2.38. The monoisotopic (exact) mass is 381 g/mol. The number of ether oxygens (including phenoxy) is 1. The molecule has 2 heterocycles. The van der Waals surface area contributed by atoms with Gasteiger partial charge in [0.25, 0.3) is 0 Å². The van der Waals surface area contributed by atoms with Gasteiger partial charge in [0.15, 0.2) is 17.3 Å². The molecule has 1 saturated carbocycles. The third-order valence-corrected chi connectivity index (χ3v) is 5.42. The molecule has 0 radical (unpaired) electrons. The zero-order chi connectivity index (χ0) is 19.8. The molecule has 1 aromatic carbocycles. The van der Waals surface area contributed by atoms with Crippen LogP contribution in [-0.2, 0) is 0 Å². The Morgan fingerprint density at radius 2 is 2.00 bits per heavy atom. The summed E-state index contributed by atoms with van der Waals surface area (Å²) in [6, 6.07) is 1.79. The summed E-state index contributed by atoms with van der Waals surface area (Å²) in [6.45, 7) is 10.3. The van der Waals surface area contributed by atoms with E-state index < -0.39 is 0 Å². The van der Waals surface area contributed by atoms with Gasteiger partial charge in [-0.05, 0) is 18.9 Å². The van der Waals surface area contributed by atoms with Crippen molar-refractivity contribution < 1.29 is 14.2 Å². The highest BCUT2D eigenvalue weighted by atomic mass is 19.1. The number of methoxy groups -OCH3 is 1. The fourth-order valence-corrected chi connectivity index (χ4v) is 3.95. The van der Waals surface area contributed by atoms with Gasteiger partial charge in [-0.1, -0.05) is 18.9 Å². The first-order chi connectivity index (χ1) is 13.6. The van der Waals surface area contributed by atoms with Gasteiger partial charge in [-0.2, -0.15) is 0 Å². The summed E-state index contributed by atoms with van der Waals surface area (Å²) >= 11 is 0. The number of benzene rings is 1. The minimum Gasteiger partial charge on any atom is -0.501 e. The van der Waals surface area contributed by atoms with Crippen molar-refractivity contribution in [1.29, 1.82) is 0 Å². The highest BCUT2D eigenvalue weighted by molar-refractivity contribution is 5.96. The van der Waals surface area contributed by atoms with Gasteiger partial charge in [-0.25, -0.2) is 4.39 Å². The van der Waals surface area contributed by atoms with Crippen LogP contribution in [0, 0.1) is 5.82 Å². The molecule has 4 rings (SSSR count). The van der Waals surface area contributed by atoms with Crippen LogP contribution in [0.3, 0.4) is 0 Å². The second-order valence-corrected chi connectivity index (χ2v) is 7.13.